The fourth-order valence-electron chi connectivity index (χ4n) is 1.88. The minimum Gasteiger partial charge on any atom is -0.397 e. The minimum absolute atomic E-state index is 0.417. The highest BCUT2D eigenvalue weighted by atomic mass is 19.2. The molecule has 3 rings (SSSR count). The Hall–Kier alpha value is -2.50. The summed E-state index contributed by atoms with van der Waals surface area (Å²) in [6.45, 7) is 1.86. The number of aromatic nitrogens is 3. The molecule has 0 bridgehead atoms. The number of hydrogen-bond donors (Lipinski definition) is 1. The molecule has 0 spiro atoms. The predicted molar refractivity (Wildman–Crippen MR) is 67.5 cm³/mol. The average Bonchev–Trinajstić information content (AvgIpc) is 2.76. The van der Waals surface area contributed by atoms with Gasteiger partial charge in [-0.05, 0) is 36.8 Å². The highest BCUT2D eigenvalue weighted by molar-refractivity contribution is 5.62. The summed E-state index contributed by atoms with van der Waals surface area (Å²) in [6, 6.07) is 5.38. The molecule has 0 aliphatic rings. The zero-order valence-electron chi connectivity index (χ0n) is 10.1. The molecule has 6 heteroatoms. The quantitative estimate of drug-likeness (QED) is 0.731. The molecule has 0 radical (unpaired) electrons. The zero-order chi connectivity index (χ0) is 13.6. The van der Waals surface area contributed by atoms with E-state index in [1.54, 1.807) is 16.7 Å². The van der Waals surface area contributed by atoms with Gasteiger partial charge in [0.2, 0.25) is 0 Å². The smallest absolute Gasteiger partial charge is 0.168 e. The van der Waals surface area contributed by atoms with E-state index >= 15 is 0 Å². The molecular weight excluding hydrogens is 250 g/mol. The lowest BCUT2D eigenvalue weighted by Crippen LogP contribution is -1.96. The van der Waals surface area contributed by atoms with Crippen LogP contribution in [0.2, 0.25) is 0 Å². The van der Waals surface area contributed by atoms with Crippen LogP contribution in [0.3, 0.4) is 0 Å². The third kappa shape index (κ3) is 1.81. The van der Waals surface area contributed by atoms with Crippen LogP contribution in [0, 0.1) is 18.6 Å². The average molecular weight is 260 g/mol. The van der Waals surface area contributed by atoms with Crippen molar-refractivity contribution in [1.82, 2.24) is 14.6 Å². The second-order valence-electron chi connectivity index (χ2n) is 4.29. The van der Waals surface area contributed by atoms with E-state index in [1.165, 1.54) is 6.07 Å². The normalized spacial score (nSPS) is 11.1. The Labute approximate surface area is 107 Å². The molecular formula is C13H10F2N4. The molecule has 1 aromatic carbocycles. The van der Waals surface area contributed by atoms with Crippen molar-refractivity contribution in [2.24, 2.45) is 0 Å². The molecule has 0 saturated heterocycles. The van der Waals surface area contributed by atoms with Crippen LogP contribution in [0.25, 0.3) is 17.0 Å². The monoisotopic (exact) mass is 260 g/mol. The molecule has 0 amide bonds. The number of nitrogen functional groups attached to an aromatic ring is 1. The van der Waals surface area contributed by atoms with E-state index in [0.29, 0.717) is 22.7 Å². The first-order valence-corrected chi connectivity index (χ1v) is 5.62. The molecule has 19 heavy (non-hydrogen) atoms. The van der Waals surface area contributed by atoms with Crippen molar-refractivity contribution in [1.29, 1.82) is 0 Å². The second-order valence-corrected chi connectivity index (χ2v) is 4.29. The molecule has 2 aromatic heterocycles. The predicted octanol–water partition coefficient (Wildman–Crippen LogP) is 2.57. The molecule has 96 valence electrons. The topological polar surface area (TPSA) is 56.2 Å². The molecule has 0 saturated carbocycles. The summed E-state index contributed by atoms with van der Waals surface area (Å²) < 4.78 is 27.8. The Morgan fingerprint density at radius 3 is 2.63 bits per heavy atom. The van der Waals surface area contributed by atoms with Gasteiger partial charge < -0.3 is 5.73 Å². The minimum atomic E-state index is -0.922. The number of halogens is 2. The standard InChI is InChI=1S/C13H10F2N4/c1-7-4-12-17-18-13(19(12)6-11(7)16)8-2-3-9(14)10(15)5-8/h2-6H,16H2,1H3. The van der Waals surface area contributed by atoms with Gasteiger partial charge in [-0.3, -0.25) is 4.40 Å². The summed E-state index contributed by atoms with van der Waals surface area (Å²) in [7, 11) is 0. The van der Waals surface area contributed by atoms with Gasteiger partial charge in [0, 0.05) is 11.8 Å². The zero-order valence-corrected chi connectivity index (χ0v) is 10.1. The van der Waals surface area contributed by atoms with Crippen LogP contribution in [0.1, 0.15) is 5.56 Å². The third-order valence-electron chi connectivity index (χ3n) is 2.97. The van der Waals surface area contributed by atoms with E-state index in [-0.39, 0.29) is 0 Å². The van der Waals surface area contributed by atoms with Crippen LogP contribution in [-0.4, -0.2) is 14.6 Å². The Kier molecular flexibility index (Phi) is 2.45. The maximum absolute atomic E-state index is 13.3. The third-order valence-corrected chi connectivity index (χ3v) is 2.97. The Morgan fingerprint density at radius 2 is 1.89 bits per heavy atom. The lowest BCUT2D eigenvalue weighted by atomic mass is 10.2. The van der Waals surface area contributed by atoms with Gasteiger partial charge in [-0.15, -0.1) is 10.2 Å². The fourth-order valence-corrected chi connectivity index (χ4v) is 1.88. The van der Waals surface area contributed by atoms with E-state index in [4.69, 9.17) is 5.73 Å². The van der Waals surface area contributed by atoms with E-state index in [9.17, 15) is 8.78 Å². The summed E-state index contributed by atoms with van der Waals surface area (Å²) in [5.41, 5.74) is 8.34. The van der Waals surface area contributed by atoms with Gasteiger partial charge in [0.05, 0.1) is 5.69 Å². The summed E-state index contributed by atoms with van der Waals surface area (Å²) in [5.74, 6) is -1.40. The van der Waals surface area contributed by atoms with Gasteiger partial charge in [0.25, 0.3) is 0 Å². The number of aryl methyl sites for hydroxylation is 1. The summed E-state index contributed by atoms with van der Waals surface area (Å²) in [4.78, 5) is 0. The molecule has 4 nitrogen and oxygen atoms in total. The van der Waals surface area contributed by atoms with Crippen molar-refractivity contribution in [3.05, 3.63) is 47.7 Å². The Morgan fingerprint density at radius 1 is 1.11 bits per heavy atom. The largest absolute Gasteiger partial charge is 0.397 e. The molecule has 0 unspecified atom stereocenters. The number of benzene rings is 1. The molecule has 0 fully saturated rings. The number of anilines is 1. The van der Waals surface area contributed by atoms with Crippen LogP contribution < -0.4 is 5.73 Å². The highest BCUT2D eigenvalue weighted by Gasteiger charge is 2.11. The number of nitrogens with two attached hydrogens (primary N) is 1. The van der Waals surface area contributed by atoms with Crippen molar-refractivity contribution in [2.45, 2.75) is 6.92 Å². The van der Waals surface area contributed by atoms with Crippen LogP contribution >= 0.6 is 0 Å². The lowest BCUT2D eigenvalue weighted by Gasteiger charge is -2.04. The first-order chi connectivity index (χ1) is 9.06. The van der Waals surface area contributed by atoms with Crippen LogP contribution in [-0.2, 0) is 0 Å². The van der Waals surface area contributed by atoms with Crippen molar-refractivity contribution >= 4 is 11.3 Å². The van der Waals surface area contributed by atoms with Gasteiger partial charge in [0.15, 0.2) is 23.1 Å². The van der Waals surface area contributed by atoms with E-state index in [1.807, 2.05) is 6.92 Å². The SMILES string of the molecule is Cc1cc2nnc(-c3ccc(F)c(F)c3)n2cc1N. The Balaban J connectivity index is 2.25. The number of pyridine rings is 1. The van der Waals surface area contributed by atoms with Crippen molar-refractivity contribution in [2.75, 3.05) is 5.73 Å². The van der Waals surface area contributed by atoms with E-state index in [2.05, 4.69) is 10.2 Å². The number of rotatable bonds is 1. The maximum Gasteiger partial charge on any atom is 0.168 e. The molecule has 0 atom stereocenters. The summed E-state index contributed by atoms with van der Waals surface area (Å²) >= 11 is 0. The molecule has 2 heterocycles. The lowest BCUT2D eigenvalue weighted by molar-refractivity contribution is 0.509. The summed E-state index contributed by atoms with van der Waals surface area (Å²) in [6.07, 6.45) is 1.67. The van der Waals surface area contributed by atoms with Crippen molar-refractivity contribution < 1.29 is 8.78 Å². The summed E-state index contributed by atoms with van der Waals surface area (Å²) in [5, 5.41) is 7.98. The van der Waals surface area contributed by atoms with Crippen LogP contribution in [0.15, 0.2) is 30.5 Å². The number of nitrogens with zero attached hydrogens (tertiary/aromatic N) is 3. The maximum atomic E-state index is 13.3. The number of hydrogen-bond acceptors (Lipinski definition) is 3. The highest BCUT2D eigenvalue weighted by Crippen LogP contribution is 2.22. The van der Waals surface area contributed by atoms with Gasteiger partial charge in [-0.25, -0.2) is 8.78 Å². The van der Waals surface area contributed by atoms with Gasteiger partial charge in [-0.1, -0.05) is 0 Å². The molecule has 0 aliphatic heterocycles. The fraction of sp³-hybridized carbons (Fsp3) is 0.0769. The molecule has 3 aromatic rings. The van der Waals surface area contributed by atoms with Crippen LogP contribution in [0.5, 0.6) is 0 Å². The van der Waals surface area contributed by atoms with E-state index in [0.717, 1.165) is 17.7 Å². The van der Waals surface area contributed by atoms with Gasteiger partial charge in [-0.2, -0.15) is 0 Å². The van der Waals surface area contributed by atoms with Gasteiger partial charge >= 0.3 is 0 Å². The first kappa shape index (κ1) is 11.6. The molecule has 0 aliphatic carbocycles. The van der Waals surface area contributed by atoms with Gasteiger partial charge in [0.1, 0.15) is 0 Å². The Bertz CT molecular complexity index is 780. The first-order valence-electron chi connectivity index (χ1n) is 5.62. The van der Waals surface area contributed by atoms with Crippen LogP contribution in [0.4, 0.5) is 14.5 Å². The number of fused-ring (bicyclic) bond motifs is 1. The molecule has 2 N–H and O–H groups in total. The van der Waals surface area contributed by atoms with Crippen molar-refractivity contribution in [3.63, 3.8) is 0 Å². The second kappa shape index (κ2) is 4.01. The van der Waals surface area contributed by atoms with E-state index < -0.39 is 11.6 Å². The van der Waals surface area contributed by atoms with Crippen molar-refractivity contribution in [3.8, 4) is 11.4 Å².